The zero-order valence-corrected chi connectivity index (χ0v) is 18.8. The maximum absolute atomic E-state index is 12.9. The van der Waals surface area contributed by atoms with Crippen LogP contribution < -0.4 is 10.9 Å². The number of ether oxygens (including phenoxy) is 1. The molecule has 172 valence electrons. The molecule has 0 aliphatic heterocycles. The first-order chi connectivity index (χ1) is 16.3. The van der Waals surface area contributed by atoms with Crippen molar-refractivity contribution in [1.82, 2.24) is 9.38 Å². The average molecular weight is 479 g/mol. The molecule has 10 heteroatoms. The van der Waals surface area contributed by atoms with Gasteiger partial charge in [-0.2, -0.15) is 0 Å². The largest absolute Gasteiger partial charge is 0.456 e. The van der Waals surface area contributed by atoms with Gasteiger partial charge in [0.25, 0.3) is 11.2 Å². The van der Waals surface area contributed by atoms with E-state index in [0.29, 0.717) is 22.9 Å². The Morgan fingerprint density at radius 2 is 1.97 bits per heavy atom. The fourth-order valence-corrected chi connectivity index (χ4v) is 3.60. The second-order valence-electron chi connectivity index (χ2n) is 7.48. The molecular formula is C24H19ClN4O5. The second-order valence-corrected chi connectivity index (χ2v) is 7.89. The average Bonchev–Trinajstić information content (AvgIpc) is 2.82. The number of rotatable bonds is 7. The Bertz CT molecular complexity index is 1470. The van der Waals surface area contributed by atoms with Crippen molar-refractivity contribution in [2.24, 2.45) is 0 Å². The summed E-state index contributed by atoms with van der Waals surface area (Å²) in [4.78, 5) is 40.3. The maximum Gasteiger partial charge on any atom is 0.340 e. The van der Waals surface area contributed by atoms with E-state index in [1.165, 1.54) is 22.6 Å². The van der Waals surface area contributed by atoms with Crippen molar-refractivity contribution in [1.29, 1.82) is 0 Å². The Balaban J connectivity index is 1.58. The van der Waals surface area contributed by atoms with Gasteiger partial charge in [0.1, 0.15) is 12.3 Å². The number of nitro groups is 1. The maximum atomic E-state index is 12.9. The first-order valence-electron chi connectivity index (χ1n) is 10.2. The summed E-state index contributed by atoms with van der Waals surface area (Å²) in [6, 6.07) is 15.9. The highest BCUT2D eigenvalue weighted by atomic mass is 35.5. The molecule has 0 saturated heterocycles. The lowest BCUT2D eigenvalue weighted by atomic mass is 10.1. The van der Waals surface area contributed by atoms with Crippen LogP contribution in [0.25, 0.3) is 5.65 Å². The molecule has 0 amide bonds. The number of aromatic nitrogens is 2. The van der Waals surface area contributed by atoms with Crippen LogP contribution in [-0.2, 0) is 17.9 Å². The van der Waals surface area contributed by atoms with Crippen molar-refractivity contribution in [2.75, 3.05) is 5.32 Å². The summed E-state index contributed by atoms with van der Waals surface area (Å²) in [5.41, 5.74) is 2.07. The number of aryl methyl sites for hydroxylation is 1. The number of carbonyl (C=O) groups excluding carboxylic acids is 1. The monoisotopic (exact) mass is 478 g/mol. The molecule has 9 nitrogen and oxygen atoms in total. The summed E-state index contributed by atoms with van der Waals surface area (Å²) >= 11 is 6.19. The Hall–Kier alpha value is -4.24. The van der Waals surface area contributed by atoms with E-state index in [9.17, 15) is 19.7 Å². The first kappa shape index (κ1) is 22.9. The molecule has 2 heterocycles. The molecule has 0 atom stereocenters. The molecule has 0 fully saturated rings. The van der Waals surface area contributed by atoms with E-state index < -0.39 is 10.9 Å². The Labute approximate surface area is 198 Å². The van der Waals surface area contributed by atoms with E-state index in [-0.39, 0.29) is 29.1 Å². The van der Waals surface area contributed by atoms with Crippen molar-refractivity contribution in [3.8, 4) is 0 Å². The molecule has 1 N–H and O–H groups in total. The molecule has 34 heavy (non-hydrogen) atoms. The molecular weight excluding hydrogens is 460 g/mol. The van der Waals surface area contributed by atoms with Gasteiger partial charge >= 0.3 is 5.97 Å². The van der Waals surface area contributed by atoms with Crippen LogP contribution in [0.2, 0.25) is 5.02 Å². The minimum Gasteiger partial charge on any atom is -0.456 e. The summed E-state index contributed by atoms with van der Waals surface area (Å²) < 4.78 is 6.77. The van der Waals surface area contributed by atoms with Crippen molar-refractivity contribution in [3.63, 3.8) is 0 Å². The van der Waals surface area contributed by atoms with Crippen molar-refractivity contribution < 1.29 is 14.5 Å². The van der Waals surface area contributed by atoms with Crippen molar-refractivity contribution in [3.05, 3.63) is 115 Å². The molecule has 0 aliphatic carbocycles. The van der Waals surface area contributed by atoms with Gasteiger partial charge in [-0.25, -0.2) is 9.78 Å². The molecule has 2 aromatic heterocycles. The number of hydrogen-bond donors (Lipinski definition) is 1. The van der Waals surface area contributed by atoms with Gasteiger partial charge in [0.15, 0.2) is 0 Å². The predicted octanol–water partition coefficient (Wildman–Crippen LogP) is 4.53. The number of fused-ring (bicyclic) bond motifs is 1. The van der Waals surface area contributed by atoms with E-state index in [0.717, 1.165) is 17.2 Å². The van der Waals surface area contributed by atoms with E-state index in [1.54, 1.807) is 24.4 Å². The SMILES string of the molecule is Cc1cccn2c(=O)cc(COC(=O)c3cc([N+](=O)[O-])ccc3NCc3ccccc3Cl)nc12. The number of benzene rings is 2. The predicted molar refractivity (Wildman–Crippen MR) is 127 cm³/mol. The van der Waals surface area contributed by atoms with Gasteiger partial charge < -0.3 is 10.1 Å². The lowest BCUT2D eigenvalue weighted by molar-refractivity contribution is -0.384. The van der Waals surface area contributed by atoms with Gasteiger partial charge in [0.2, 0.25) is 0 Å². The van der Waals surface area contributed by atoms with Crippen molar-refractivity contribution in [2.45, 2.75) is 20.1 Å². The summed E-state index contributed by atoms with van der Waals surface area (Å²) in [6.45, 7) is 1.84. The fraction of sp³-hybridized carbons (Fsp3) is 0.125. The number of nitrogens with one attached hydrogen (secondary N) is 1. The number of esters is 1. The number of halogens is 1. The Kier molecular flexibility index (Phi) is 6.55. The number of carbonyl (C=O) groups is 1. The summed E-state index contributed by atoms with van der Waals surface area (Å²) in [5, 5.41) is 14.9. The number of nitrogens with zero attached hydrogens (tertiary/aromatic N) is 3. The van der Waals surface area contributed by atoms with E-state index >= 15 is 0 Å². The van der Waals surface area contributed by atoms with Crippen molar-refractivity contribution >= 4 is 34.6 Å². The molecule has 0 aliphatic rings. The standard InChI is InChI=1S/C24H19ClN4O5/c1-15-5-4-10-28-22(30)11-17(27-23(15)28)14-34-24(31)19-12-18(29(32)33)8-9-21(19)26-13-16-6-2-3-7-20(16)25/h2-12,26H,13-14H2,1H3. The highest BCUT2D eigenvalue weighted by molar-refractivity contribution is 6.31. The lowest BCUT2D eigenvalue weighted by Crippen LogP contribution is -2.17. The van der Waals surface area contributed by atoms with Crippen LogP contribution in [0.5, 0.6) is 0 Å². The number of anilines is 1. The molecule has 0 bridgehead atoms. The fourth-order valence-electron chi connectivity index (χ4n) is 3.40. The number of pyridine rings is 1. The molecule has 4 rings (SSSR count). The minimum absolute atomic E-state index is 0.0186. The molecule has 0 saturated carbocycles. The summed E-state index contributed by atoms with van der Waals surface area (Å²) in [5.74, 6) is -0.794. The third-order valence-electron chi connectivity index (χ3n) is 5.15. The van der Waals surface area contributed by atoms with Crippen LogP contribution in [0.3, 0.4) is 0 Å². The Morgan fingerprint density at radius 1 is 1.18 bits per heavy atom. The van der Waals surface area contributed by atoms with Gasteiger partial charge in [-0.1, -0.05) is 35.9 Å². The number of hydrogen-bond acceptors (Lipinski definition) is 7. The highest BCUT2D eigenvalue weighted by Gasteiger charge is 2.19. The summed E-state index contributed by atoms with van der Waals surface area (Å²) in [6.07, 6.45) is 1.60. The second kappa shape index (κ2) is 9.72. The van der Waals surface area contributed by atoms with Gasteiger partial charge in [-0.3, -0.25) is 19.3 Å². The quantitative estimate of drug-likeness (QED) is 0.235. The molecule has 0 radical (unpaired) electrons. The molecule has 0 spiro atoms. The number of nitro benzene ring substituents is 1. The van der Waals surface area contributed by atoms with Gasteiger partial charge in [0, 0.05) is 41.7 Å². The normalized spacial score (nSPS) is 10.8. The smallest absolute Gasteiger partial charge is 0.340 e. The molecule has 0 unspecified atom stereocenters. The Morgan fingerprint density at radius 3 is 2.74 bits per heavy atom. The topological polar surface area (TPSA) is 116 Å². The van der Waals surface area contributed by atoms with E-state index in [1.807, 2.05) is 25.1 Å². The van der Waals surface area contributed by atoms with Crippen LogP contribution in [-0.4, -0.2) is 20.3 Å². The van der Waals surface area contributed by atoms with Gasteiger partial charge in [-0.05, 0) is 36.2 Å². The van der Waals surface area contributed by atoms with Crippen LogP contribution in [0.1, 0.15) is 27.2 Å². The van der Waals surface area contributed by atoms with Gasteiger partial charge in [0.05, 0.1) is 16.2 Å². The zero-order valence-electron chi connectivity index (χ0n) is 18.0. The first-order valence-corrected chi connectivity index (χ1v) is 10.6. The van der Waals surface area contributed by atoms with Crippen LogP contribution >= 0.6 is 11.6 Å². The lowest BCUT2D eigenvalue weighted by Gasteiger charge is -2.13. The van der Waals surface area contributed by atoms with Crippen LogP contribution in [0, 0.1) is 17.0 Å². The van der Waals surface area contributed by atoms with Gasteiger partial charge in [-0.15, -0.1) is 0 Å². The summed E-state index contributed by atoms with van der Waals surface area (Å²) in [7, 11) is 0. The minimum atomic E-state index is -0.794. The highest BCUT2D eigenvalue weighted by Crippen LogP contribution is 2.25. The van der Waals surface area contributed by atoms with E-state index in [2.05, 4.69) is 10.3 Å². The van der Waals surface area contributed by atoms with Crippen LogP contribution in [0.15, 0.2) is 71.7 Å². The number of non-ortho nitro benzene ring substituents is 1. The molecule has 4 aromatic rings. The van der Waals surface area contributed by atoms with Crippen LogP contribution in [0.4, 0.5) is 11.4 Å². The molecule has 2 aromatic carbocycles. The zero-order chi connectivity index (χ0) is 24.2. The van der Waals surface area contributed by atoms with E-state index in [4.69, 9.17) is 16.3 Å². The third kappa shape index (κ3) is 4.89. The third-order valence-corrected chi connectivity index (χ3v) is 5.52.